The van der Waals surface area contributed by atoms with Crippen LogP contribution in [0.4, 0.5) is 17.1 Å². The minimum atomic E-state index is -1.29. The Hall–Kier alpha value is -6.54. The first-order valence-corrected chi connectivity index (χ1v) is 19.9. The summed E-state index contributed by atoms with van der Waals surface area (Å²) >= 11 is -1.29. The summed E-state index contributed by atoms with van der Waals surface area (Å²) in [6.45, 7) is 1.92. The molecular formula is C38H29GeN3O9. The molecule has 0 spiro atoms. The van der Waals surface area contributed by atoms with E-state index in [0.717, 1.165) is 27.8 Å². The second-order valence-corrected chi connectivity index (χ2v) is 13.3. The van der Waals surface area contributed by atoms with Gasteiger partial charge in [0.2, 0.25) is 0 Å². The molecule has 0 heterocycles. The fourth-order valence-electron chi connectivity index (χ4n) is 5.48. The molecule has 254 valence electrons. The van der Waals surface area contributed by atoms with Crippen LogP contribution in [0.2, 0.25) is 5.76 Å². The van der Waals surface area contributed by atoms with Gasteiger partial charge in [-0.05, 0) is 24.6 Å². The van der Waals surface area contributed by atoms with Gasteiger partial charge >= 0.3 is 220 Å². The van der Waals surface area contributed by atoms with Crippen molar-refractivity contribution in [2.24, 2.45) is 0 Å². The number of hydrogen-bond donors (Lipinski definition) is 0. The summed E-state index contributed by atoms with van der Waals surface area (Å²) in [6.07, 6.45) is 0. The summed E-state index contributed by atoms with van der Waals surface area (Å²) in [5, 5.41) is 33.7. The Balaban J connectivity index is 1.38. The summed E-state index contributed by atoms with van der Waals surface area (Å²) < 4.78 is 18.8. The average Bonchev–Trinajstić information content (AvgIpc) is 3.11. The summed E-state index contributed by atoms with van der Waals surface area (Å²) in [7, 11) is 0. The molecule has 0 aliphatic heterocycles. The monoisotopic (exact) mass is 745 g/mol. The van der Waals surface area contributed by atoms with E-state index in [1.165, 1.54) is 36.4 Å². The zero-order valence-electron chi connectivity index (χ0n) is 27.3. The van der Waals surface area contributed by atoms with Gasteiger partial charge in [-0.3, -0.25) is 20.2 Å². The van der Waals surface area contributed by atoms with E-state index in [4.69, 9.17) is 13.2 Å². The quantitative estimate of drug-likeness (QED) is 0.0676. The van der Waals surface area contributed by atoms with Gasteiger partial charge in [-0.1, -0.05) is 6.07 Å². The topological polar surface area (TPSA) is 157 Å². The zero-order chi connectivity index (χ0) is 36.1. The van der Waals surface area contributed by atoms with Crippen LogP contribution in [0.25, 0.3) is 33.4 Å². The van der Waals surface area contributed by atoms with Crippen molar-refractivity contribution in [3.05, 3.63) is 163 Å². The van der Waals surface area contributed by atoms with Crippen molar-refractivity contribution in [2.75, 3.05) is 0 Å². The number of nitro groups is 3. The molecule has 0 radical (unpaired) electrons. The van der Waals surface area contributed by atoms with Gasteiger partial charge in [0, 0.05) is 12.1 Å². The van der Waals surface area contributed by atoms with Crippen molar-refractivity contribution in [2.45, 2.75) is 12.7 Å². The summed E-state index contributed by atoms with van der Waals surface area (Å²) in [6, 6.07) is 35.1. The van der Waals surface area contributed by atoms with Crippen LogP contribution < -0.4 is 13.2 Å². The number of ether oxygens (including phenoxy) is 2. The molecule has 51 heavy (non-hydrogen) atoms. The molecule has 6 aromatic rings. The molecular weight excluding hydrogens is 715 g/mol. The average molecular weight is 744 g/mol. The number of benzene rings is 6. The predicted octanol–water partition coefficient (Wildman–Crippen LogP) is 9.82. The number of non-ortho nitro benzene ring substituents is 3. The van der Waals surface area contributed by atoms with Crippen LogP contribution in [0, 0.1) is 37.3 Å². The van der Waals surface area contributed by atoms with Crippen molar-refractivity contribution in [1.82, 2.24) is 0 Å². The Labute approximate surface area is 298 Å². The molecule has 0 saturated carbocycles. The van der Waals surface area contributed by atoms with Crippen LogP contribution in [0.3, 0.4) is 0 Å². The number of hydrogen-bond acceptors (Lipinski definition) is 9. The normalized spacial score (nSPS) is 10.9. The number of aryl methyl sites for hydroxylation is 1. The fourth-order valence-corrected chi connectivity index (χ4v) is 6.53. The molecule has 0 fully saturated rings. The predicted molar refractivity (Wildman–Crippen MR) is 196 cm³/mol. The van der Waals surface area contributed by atoms with Gasteiger partial charge < -0.3 is 0 Å². The molecule has 6 aromatic carbocycles. The van der Waals surface area contributed by atoms with E-state index in [1.54, 1.807) is 60.7 Å². The minimum absolute atomic E-state index is 0.00655. The van der Waals surface area contributed by atoms with Crippen LogP contribution in [0.5, 0.6) is 28.7 Å². The van der Waals surface area contributed by atoms with Crippen molar-refractivity contribution < 1.29 is 28.0 Å². The van der Waals surface area contributed by atoms with Crippen LogP contribution in [-0.2, 0) is 0 Å². The molecule has 0 bridgehead atoms. The van der Waals surface area contributed by atoms with E-state index in [0.29, 0.717) is 39.9 Å². The number of nitrogens with zero attached hydrogens (tertiary/aromatic N) is 3. The van der Waals surface area contributed by atoms with Crippen molar-refractivity contribution in [3.8, 4) is 62.1 Å². The maximum atomic E-state index is 11.3. The Morgan fingerprint density at radius 3 is 1.10 bits per heavy atom. The third-order valence-corrected chi connectivity index (χ3v) is 9.13. The Bertz CT molecular complexity index is 2260. The first-order chi connectivity index (χ1) is 24.5. The summed E-state index contributed by atoms with van der Waals surface area (Å²) in [5.74, 6) is 4.47. The van der Waals surface area contributed by atoms with E-state index in [-0.39, 0.29) is 17.1 Å². The van der Waals surface area contributed by atoms with Gasteiger partial charge in [0.15, 0.2) is 0 Å². The van der Waals surface area contributed by atoms with Gasteiger partial charge in [0.25, 0.3) is 5.69 Å². The van der Waals surface area contributed by atoms with Crippen LogP contribution in [0.15, 0.2) is 127 Å². The van der Waals surface area contributed by atoms with Gasteiger partial charge in [-0.25, -0.2) is 0 Å². The second-order valence-electron chi connectivity index (χ2n) is 11.5. The molecule has 0 N–H and O–H groups in total. The Kier molecular flexibility index (Phi) is 10.0. The van der Waals surface area contributed by atoms with Gasteiger partial charge in [-0.2, -0.15) is 0 Å². The molecule has 0 aromatic heterocycles. The second kappa shape index (κ2) is 14.9. The van der Waals surface area contributed by atoms with Gasteiger partial charge in [0.05, 0.1) is 9.85 Å². The first-order valence-electron chi connectivity index (χ1n) is 15.7. The summed E-state index contributed by atoms with van der Waals surface area (Å²) in [4.78, 5) is 32.3. The Morgan fingerprint density at radius 2 is 0.745 bits per heavy atom. The third kappa shape index (κ3) is 8.37. The van der Waals surface area contributed by atoms with E-state index in [1.807, 2.05) is 43.0 Å². The van der Waals surface area contributed by atoms with E-state index in [2.05, 4.69) is 0 Å². The van der Waals surface area contributed by atoms with E-state index in [9.17, 15) is 30.3 Å². The van der Waals surface area contributed by atoms with E-state index >= 15 is 0 Å². The van der Waals surface area contributed by atoms with E-state index < -0.39 is 30.5 Å². The molecule has 0 unspecified atom stereocenters. The SMILES string of the molecule is [CH3][GeH2][O]c1cc(Oc2cc(Oc3cc(C)cc(-c4ccc([N+](=O)[O-])cc4)c3)cc(-c3ccc([N+](=O)[O-])cc3)c2)cc(-c2ccc([N+](=O)[O-])cc2)c1. The van der Waals surface area contributed by atoms with Crippen molar-refractivity contribution in [3.63, 3.8) is 0 Å². The molecule has 6 rings (SSSR count). The van der Waals surface area contributed by atoms with Gasteiger partial charge in [-0.15, -0.1) is 0 Å². The van der Waals surface area contributed by atoms with Crippen LogP contribution in [0.1, 0.15) is 5.56 Å². The number of nitro benzene ring substituents is 3. The van der Waals surface area contributed by atoms with Crippen molar-refractivity contribution >= 4 is 32.8 Å². The number of rotatable bonds is 12. The first kappa shape index (κ1) is 34.3. The maximum absolute atomic E-state index is 11.3. The fraction of sp³-hybridized carbons (Fsp3) is 0.0526. The van der Waals surface area contributed by atoms with Crippen molar-refractivity contribution in [1.29, 1.82) is 0 Å². The van der Waals surface area contributed by atoms with Gasteiger partial charge in [0.1, 0.15) is 0 Å². The van der Waals surface area contributed by atoms with Crippen LogP contribution in [-0.4, -0.2) is 30.5 Å². The zero-order valence-corrected chi connectivity index (χ0v) is 30.3. The molecule has 0 aliphatic rings. The Morgan fingerprint density at radius 1 is 0.431 bits per heavy atom. The summed E-state index contributed by atoms with van der Waals surface area (Å²) in [5.41, 5.74) is 5.27. The molecule has 0 atom stereocenters. The molecule has 12 nitrogen and oxygen atoms in total. The standard InChI is InChI=1S/C38H29GeN3O9/c1-24-15-28(25-3-9-31(10-4-25)40(43)44)17-34(16-24)49-35-18-29(26-5-11-32(12-6-26)41(45)46)19-36(22-35)50-37-20-30(21-38(23-37)51-39-2)27-7-13-33(14-8-27)42(47)48/h3-23H,39H2,1-2H3. The molecule has 0 aliphatic carbocycles. The molecule has 0 saturated heterocycles. The third-order valence-electron chi connectivity index (χ3n) is 7.83. The molecule has 13 heteroatoms. The molecule has 0 amide bonds. The van der Waals surface area contributed by atoms with Crippen LogP contribution >= 0.6 is 0 Å².